The van der Waals surface area contributed by atoms with Crippen molar-refractivity contribution >= 4 is 15.7 Å². The van der Waals surface area contributed by atoms with E-state index >= 15 is 0 Å². The van der Waals surface area contributed by atoms with Crippen molar-refractivity contribution < 1.29 is 23.2 Å². The molecule has 0 aromatic heterocycles. The van der Waals surface area contributed by atoms with E-state index in [9.17, 15) is 13.2 Å². The number of hydrogen-bond acceptors (Lipinski definition) is 8. The van der Waals surface area contributed by atoms with Gasteiger partial charge in [0, 0.05) is 26.2 Å². The van der Waals surface area contributed by atoms with Crippen LogP contribution in [0.2, 0.25) is 0 Å². The molecule has 1 fully saturated rings. The van der Waals surface area contributed by atoms with Gasteiger partial charge in [0.15, 0.2) is 9.84 Å². The number of piperazine rings is 1. The molecule has 1 aromatic carbocycles. The number of nitrogens with zero attached hydrogens (tertiary/aromatic N) is 2. The van der Waals surface area contributed by atoms with Crippen molar-refractivity contribution in [2.45, 2.75) is 49.9 Å². The molecule has 9 nitrogen and oxygen atoms in total. The number of hydroxylamine groups is 1. The highest BCUT2D eigenvalue weighted by Crippen LogP contribution is 2.23. The van der Waals surface area contributed by atoms with E-state index in [4.69, 9.17) is 9.94 Å². The summed E-state index contributed by atoms with van der Waals surface area (Å²) in [5.74, 6) is 5.18. The van der Waals surface area contributed by atoms with Gasteiger partial charge in [-0.25, -0.2) is 13.9 Å². The van der Waals surface area contributed by atoms with E-state index < -0.39 is 27.2 Å². The average molecular weight is 495 g/mol. The van der Waals surface area contributed by atoms with Crippen LogP contribution in [0.3, 0.4) is 0 Å². The van der Waals surface area contributed by atoms with E-state index in [1.807, 2.05) is 0 Å². The Hall–Kier alpha value is -2.16. The maximum Gasteiger partial charge on any atom is 0.260 e. The Morgan fingerprint density at radius 3 is 2.38 bits per heavy atom. The summed E-state index contributed by atoms with van der Waals surface area (Å²) >= 11 is 0. The van der Waals surface area contributed by atoms with Crippen LogP contribution in [0.4, 0.5) is 0 Å². The maximum atomic E-state index is 13.6. The summed E-state index contributed by atoms with van der Waals surface area (Å²) in [7, 11) is -1.72. The van der Waals surface area contributed by atoms with E-state index in [0.29, 0.717) is 18.6 Å². The lowest BCUT2D eigenvalue weighted by Gasteiger charge is -2.33. The molecule has 0 aliphatic carbocycles. The number of nitrogens with one attached hydrogen (secondary N) is 2. The Morgan fingerprint density at radius 2 is 1.82 bits per heavy atom. The minimum absolute atomic E-state index is 0.144. The van der Waals surface area contributed by atoms with E-state index in [1.54, 1.807) is 38.4 Å². The van der Waals surface area contributed by atoms with Crippen molar-refractivity contribution in [3.05, 3.63) is 24.3 Å². The lowest BCUT2D eigenvalue weighted by molar-refractivity contribution is -0.132. The molecule has 1 saturated heterocycles. The number of carbonyl (C=O) groups is 1. The Labute approximate surface area is 203 Å². The van der Waals surface area contributed by atoms with Gasteiger partial charge in [-0.2, -0.15) is 0 Å². The summed E-state index contributed by atoms with van der Waals surface area (Å²) in [4.78, 5) is 17.0. The lowest BCUT2D eigenvalue weighted by Crippen LogP contribution is -2.53. The molecule has 34 heavy (non-hydrogen) atoms. The van der Waals surface area contributed by atoms with Gasteiger partial charge in [0.05, 0.1) is 10.9 Å². The van der Waals surface area contributed by atoms with Crippen molar-refractivity contribution in [2.75, 3.05) is 46.4 Å². The molecule has 1 aliphatic rings. The van der Waals surface area contributed by atoms with Crippen LogP contribution in [0.5, 0.6) is 5.75 Å². The second-order valence-electron chi connectivity index (χ2n) is 8.87. The van der Waals surface area contributed by atoms with Gasteiger partial charge in [-0.3, -0.25) is 15.3 Å². The molecule has 0 spiro atoms. The number of sulfone groups is 1. The monoisotopic (exact) mass is 494 g/mol. The zero-order valence-electron chi connectivity index (χ0n) is 20.6. The van der Waals surface area contributed by atoms with Gasteiger partial charge in [0.2, 0.25) is 0 Å². The first-order valence-electron chi connectivity index (χ1n) is 11.7. The molecule has 2 rings (SSSR count). The zero-order chi connectivity index (χ0) is 25.1. The van der Waals surface area contributed by atoms with Crippen molar-refractivity contribution in [3.8, 4) is 17.6 Å². The molecule has 2 unspecified atom stereocenters. The number of carbonyl (C=O) groups excluding carboxylic acids is 1. The van der Waals surface area contributed by atoms with Crippen molar-refractivity contribution in [1.29, 1.82) is 0 Å². The Bertz CT molecular complexity index is 932. The molecular formula is C24H38N4O5S. The van der Waals surface area contributed by atoms with E-state index in [0.717, 1.165) is 32.7 Å². The zero-order valence-corrected chi connectivity index (χ0v) is 21.4. The predicted octanol–water partition coefficient (Wildman–Crippen LogP) is 1.34. The van der Waals surface area contributed by atoms with Crippen LogP contribution in [-0.4, -0.2) is 87.1 Å². The predicted molar refractivity (Wildman–Crippen MR) is 131 cm³/mol. The van der Waals surface area contributed by atoms with Gasteiger partial charge in [0.1, 0.15) is 17.7 Å². The summed E-state index contributed by atoms with van der Waals surface area (Å²) in [6, 6.07) is 5.37. The highest BCUT2D eigenvalue weighted by atomic mass is 32.2. The van der Waals surface area contributed by atoms with Gasteiger partial charge < -0.3 is 14.5 Å². The van der Waals surface area contributed by atoms with Crippen molar-refractivity contribution in [2.24, 2.45) is 5.92 Å². The maximum absolute atomic E-state index is 13.6. The first-order valence-corrected chi connectivity index (χ1v) is 13.2. The molecule has 2 atom stereocenters. The molecule has 1 amide bonds. The largest absolute Gasteiger partial charge is 0.481 e. The third-order valence-electron chi connectivity index (χ3n) is 5.98. The number of benzene rings is 1. The smallest absolute Gasteiger partial charge is 0.260 e. The minimum atomic E-state index is -3.81. The molecule has 0 saturated carbocycles. The van der Waals surface area contributed by atoms with Gasteiger partial charge in [0.25, 0.3) is 5.91 Å². The summed E-state index contributed by atoms with van der Waals surface area (Å²) in [5.41, 5.74) is 1.65. The van der Waals surface area contributed by atoms with Crippen molar-refractivity contribution in [1.82, 2.24) is 20.6 Å². The summed E-state index contributed by atoms with van der Waals surface area (Å²) in [6.07, 6.45) is 0.990. The van der Waals surface area contributed by atoms with Crippen LogP contribution < -0.4 is 15.5 Å². The molecule has 0 bridgehead atoms. The van der Waals surface area contributed by atoms with Crippen LogP contribution in [-0.2, 0) is 14.6 Å². The second kappa shape index (κ2) is 13.7. The summed E-state index contributed by atoms with van der Waals surface area (Å²) in [6.45, 7) is 10.2. The number of amides is 1. The van der Waals surface area contributed by atoms with Crippen LogP contribution >= 0.6 is 0 Å². The van der Waals surface area contributed by atoms with Crippen LogP contribution in [0.25, 0.3) is 0 Å². The lowest BCUT2D eigenvalue weighted by atomic mass is 10.0. The minimum Gasteiger partial charge on any atom is -0.481 e. The van der Waals surface area contributed by atoms with Gasteiger partial charge in [-0.1, -0.05) is 19.8 Å². The SMILES string of the molecule is CC#CCOc1ccc(S(=O)(=O)C(CCCN2CCN(C)CC2)NC(C(=O)NO)C(C)C)cc1. The van der Waals surface area contributed by atoms with Crippen LogP contribution in [0.15, 0.2) is 29.2 Å². The molecular weight excluding hydrogens is 456 g/mol. The fourth-order valence-electron chi connectivity index (χ4n) is 3.82. The number of ether oxygens (including phenoxy) is 1. The first kappa shape index (κ1) is 28.1. The van der Waals surface area contributed by atoms with Crippen molar-refractivity contribution in [3.63, 3.8) is 0 Å². The molecule has 3 N–H and O–H groups in total. The molecule has 10 heteroatoms. The highest BCUT2D eigenvalue weighted by molar-refractivity contribution is 7.92. The first-order chi connectivity index (χ1) is 16.2. The van der Waals surface area contributed by atoms with Gasteiger partial charge in [-0.15, -0.1) is 5.92 Å². The van der Waals surface area contributed by atoms with E-state index in [-0.39, 0.29) is 17.4 Å². The third kappa shape index (κ3) is 8.25. The topological polar surface area (TPSA) is 111 Å². The fourth-order valence-corrected chi connectivity index (χ4v) is 5.47. The molecule has 0 radical (unpaired) electrons. The quantitative estimate of drug-likeness (QED) is 0.227. The fraction of sp³-hybridized carbons (Fsp3) is 0.625. The Kier molecular flexibility index (Phi) is 11.3. The summed E-state index contributed by atoms with van der Waals surface area (Å²) in [5, 5.41) is 11.2. The number of rotatable bonds is 12. The third-order valence-corrected chi connectivity index (χ3v) is 8.03. The van der Waals surface area contributed by atoms with Crippen LogP contribution in [0, 0.1) is 17.8 Å². The van der Waals surface area contributed by atoms with Gasteiger partial charge >= 0.3 is 0 Å². The van der Waals surface area contributed by atoms with Crippen LogP contribution in [0.1, 0.15) is 33.6 Å². The molecule has 1 heterocycles. The molecule has 1 aromatic rings. The Balaban J connectivity index is 2.17. The summed E-state index contributed by atoms with van der Waals surface area (Å²) < 4.78 is 32.6. The van der Waals surface area contributed by atoms with E-state index in [1.165, 1.54) is 12.1 Å². The van der Waals surface area contributed by atoms with E-state index in [2.05, 4.69) is 34.0 Å². The molecule has 1 aliphatic heterocycles. The normalized spacial score (nSPS) is 17.0. The molecule has 190 valence electrons. The Morgan fingerprint density at radius 1 is 1.18 bits per heavy atom. The average Bonchev–Trinajstić information content (AvgIpc) is 2.82. The number of likely N-dealkylation sites (N-methyl/N-ethyl adjacent to an activating group) is 1. The second-order valence-corrected chi connectivity index (χ2v) is 11.0. The highest BCUT2D eigenvalue weighted by Gasteiger charge is 2.33. The number of hydrogen-bond donors (Lipinski definition) is 3. The van der Waals surface area contributed by atoms with Gasteiger partial charge in [-0.05, 0) is 63.5 Å². The standard InChI is InChI=1S/C24H38N4O5S/c1-5-6-18-33-20-9-11-21(12-10-20)34(31,32)22(25-23(19(2)3)24(29)26-30)8-7-13-28-16-14-27(4)15-17-28/h9-12,19,22-23,25,30H,7-8,13-18H2,1-4H3,(H,26,29).